The van der Waals surface area contributed by atoms with E-state index in [-0.39, 0.29) is 18.4 Å². The lowest BCUT2D eigenvalue weighted by molar-refractivity contribution is -0.132. The predicted octanol–water partition coefficient (Wildman–Crippen LogP) is 2.02. The summed E-state index contributed by atoms with van der Waals surface area (Å²) in [5.74, 6) is 1.23. The SMILES string of the molecule is COc1cccc(CCN(CC(=O)Nc2cc(C)on2)C(C)=O)c1. The van der Waals surface area contributed by atoms with Crippen LogP contribution in [0.25, 0.3) is 0 Å². The lowest BCUT2D eigenvalue weighted by Gasteiger charge is -2.20. The first kappa shape index (κ1) is 17.5. The summed E-state index contributed by atoms with van der Waals surface area (Å²) in [4.78, 5) is 25.3. The van der Waals surface area contributed by atoms with Gasteiger partial charge in [-0.2, -0.15) is 0 Å². The smallest absolute Gasteiger partial charge is 0.245 e. The Balaban J connectivity index is 1.91. The Morgan fingerprint density at radius 2 is 2.12 bits per heavy atom. The van der Waals surface area contributed by atoms with Crippen molar-refractivity contribution in [2.75, 3.05) is 25.5 Å². The summed E-state index contributed by atoms with van der Waals surface area (Å²) in [5, 5.41) is 6.30. The van der Waals surface area contributed by atoms with Crippen LogP contribution in [0, 0.1) is 6.92 Å². The standard InChI is InChI=1S/C17H21N3O4/c1-12-9-16(19-24-12)18-17(22)11-20(13(2)21)8-7-14-5-4-6-15(10-14)23-3/h4-6,9-10H,7-8,11H2,1-3H3,(H,18,19,22). The molecule has 2 amide bonds. The number of aryl methyl sites for hydroxylation is 1. The van der Waals surface area contributed by atoms with Gasteiger partial charge in [-0.3, -0.25) is 9.59 Å². The molecule has 0 fully saturated rings. The van der Waals surface area contributed by atoms with E-state index in [1.54, 1.807) is 20.1 Å². The van der Waals surface area contributed by atoms with Crippen LogP contribution in [0.2, 0.25) is 0 Å². The Hall–Kier alpha value is -2.83. The third-order valence-electron chi connectivity index (χ3n) is 3.48. The van der Waals surface area contributed by atoms with E-state index in [1.807, 2.05) is 24.3 Å². The predicted molar refractivity (Wildman–Crippen MR) is 88.8 cm³/mol. The Morgan fingerprint density at radius 3 is 2.75 bits per heavy atom. The number of hydrogen-bond acceptors (Lipinski definition) is 5. The van der Waals surface area contributed by atoms with Crippen LogP contribution < -0.4 is 10.1 Å². The summed E-state index contributed by atoms with van der Waals surface area (Å²) < 4.78 is 10.1. The largest absolute Gasteiger partial charge is 0.497 e. The Kier molecular flexibility index (Phi) is 5.95. The topological polar surface area (TPSA) is 84.7 Å². The molecule has 7 heteroatoms. The molecule has 0 saturated carbocycles. The van der Waals surface area contributed by atoms with Crippen LogP contribution in [0.1, 0.15) is 18.2 Å². The first-order valence-corrected chi connectivity index (χ1v) is 7.59. The number of amides is 2. The lowest BCUT2D eigenvalue weighted by Crippen LogP contribution is -2.38. The van der Waals surface area contributed by atoms with E-state index in [0.717, 1.165) is 11.3 Å². The van der Waals surface area contributed by atoms with Crippen molar-refractivity contribution >= 4 is 17.6 Å². The maximum absolute atomic E-state index is 12.0. The van der Waals surface area contributed by atoms with Crippen LogP contribution in [0.5, 0.6) is 5.75 Å². The minimum atomic E-state index is -0.316. The number of carbonyl (C=O) groups is 2. The number of aromatic nitrogens is 1. The number of carbonyl (C=O) groups excluding carboxylic acids is 2. The highest BCUT2D eigenvalue weighted by atomic mass is 16.5. The molecule has 0 atom stereocenters. The van der Waals surface area contributed by atoms with Gasteiger partial charge in [0, 0.05) is 19.5 Å². The average Bonchev–Trinajstić information content (AvgIpc) is 2.96. The van der Waals surface area contributed by atoms with Crippen molar-refractivity contribution in [1.29, 1.82) is 0 Å². The fourth-order valence-corrected chi connectivity index (χ4v) is 2.22. The van der Waals surface area contributed by atoms with Crippen LogP contribution in [-0.2, 0) is 16.0 Å². The molecule has 24 heavy (non-hydrogen) atoms. The summed E-state index contributed by atoms with van der Waals surface area (Å²) in [6.07, 6.45) is 0.632. The van der Waals surface area contributed by atoms with E-state index in [0.29, 0.717) is 24.5 Å². The molecule has 1 N–H and O–H groups in total. The number of benzene rings is 1. The van der Waals surface area contributed by atoms with Crippen LogP contribution in [0.4, 0.5) is 5.82 Å². The van der Waals surface area contributed by atoms with Gasteiger partial charge in [-0.25, -0.2) is 0 Å². The molecule has 7 nitrogen and oxygen atoms in total. The zero-order valence-electron chi connectivity index (χ0n) is 14.0. The maximum Gasteiger partial charge on any atom is 0.245 e. The fourth-order valence-electron chi connectivity index (χ4n) is 2.22. The van der Waals surface area contributed by atoms with Crippen molar-refractivity contribution in [3.05, 3.63) is 41.7 Å². The summed E-state index contributed by atoms with van der Waals surface area (Å²) in [6, 6.07) is 9.24. The van der Waals surface area contributed by atoms with Gasteiger partial charge in [-0.1, -0.05) is 17.3 Å². The summed E-state index contributed by atoms with van der Waals surface area (Å²) in [6.45, 7) is 3.58. The Labute approximate surface area is 140 Å². The first-order valence-electron chi connectivity index (χ1n) is 7.59. The van der Waals surface area contributed by atoms with Gasteiger partial charge in [0.25, 0.3) is 0 Å². The van der Waals surface area contributed by atoms with Crippen LogP contribution in [0.15, 0.2) is 34.9 Å². The van der Waals surface area contributed by atoms with Crippen molar-refractivity contribution in [2.24, 2.45) is 0 Å². The number of rotatable bonds is 7. The van der Waals surface area contributed by atoms with Gasteiger partial charge >= 0.3 is 0 Å². The van der Waals surface area contributed by atoms with Crippen molar-refractivity contribution in [3.63, 3.8) is 0 Å². The molecule has 0 spiro atoms. The minimum Gasteiger partial charge on any atom is -0.497 e. The number of hydrogen-bond donors (Lipinski definition) is 1. The molecule has 0 bridgehead atoms. The van der Waals surface area contributed by atoms with E-state index >= 15 is 0 Å². The van der Waals surface area contributed by atoms with E-state index < -0.39 is 0 Å². The number of methoxy groups -OCH3 is 1. The van der Waals surface area contributed by atoms with E-state index in [1.165, 1.54) is 11.8 Å². The lowest BCUT2D eigenvalue weighted by atomic mass is 10.1. The van der Waals surface area contributed by atoms with Gasteiger partial charge in [0.1, 0.15) is 11.5 Å². The van der Waals surface area contributed by atoms with Gasteiger partial charge in [0.2, 0.25) is 11.8 Å². The minimum absolute atomic E-state index is 0.0365. The van der Waals surface area contributed by atoms with Crippen molar-refractivity contribution in [1.82, 2.24) is 10.1 Å². The van der Waals surface area contributed by atoms with Gasteiger partial charge in [0.15, 0.2) is 5.82 Å². The van der Waals surface area contributed by atoms with E-state index in [4.69, 9.17) is 9.26 Å². The monoisotopic (exact) mass is 331 g/mol. The summed E-state index contributed by atoms with van der Waals surface area (Å²) in [7, 11) is 1.61. The molecule has 0 unspecified atom stereocenters. The molecule has 1 heterocycles. The van der Waals surface area contributed by atoms with Crippen LogP contribution in [0.3, 0.4) is 0 Å². The molecule has 0 aliphatic heterocycles. The zero-order chi connectivity index (χ0) is 17.5. The second kappa shape index (κ2) is 8.14. The quantitative estimate of drug-likeness (QED) is 0.839. The Bertz CT molecular complexity index is 711. The summed E-state index contributed by atoms with van der Waals surface area (Å²) >= 11 is 0. The fraction of sp³-hybridized carbons (Fsp3) is 0.353. The van der Waals surface area contributed by atoms with Gasteiger partial charge < -0.3 is 19.5 Å². The molecule has 128 valence electrons. The normalized spacial score (nSPS) is 10.3. The van der Waals surface area contributed by atoms with Gasteiger partial charge in [-0.15, -0.1) is 0 Å². The molecule has 1 aromatic heterocycles. The number of nitrogens with zero attached hydrogens (tertiary/aromatic N) is 2. The molecule has 0 aliphatic carbocycles. The third kappa shape index (κ3) is 5.12. The van der Waals surface area contributed by atoms with E-state index in [2.05, 4.69) is 10.5 Å². The molecular formula is C17H21N3O4. The Morgan fingerprint density at radius 1 is 1.33 bits per heavy atom. The second-order valence-corrected chi connectivity index (χ2v) is 5.41. The van der Waals surface area contributed by atoms with Gasteiger partial charge in [0.05, 0.1) is 13.7 Å². The van der Waals surface area contributed by atoms with Crippen LogP contribution in [-0.4, -0.2) is 42.1 Å². The second-order valence-electron chi connectivity index (χ2n) is 5.41. The van der Waals surface area contributed by atoms with E-state index in [9.17, 15) is 9.59 Å². The van der Waals surface area contributed by atoms with Crippen LogP contribution >= 0.6 is 0 Å². The molecule has 0 saturated heterocycles. The maximum atomic E-state index is 12.0. The number of nitrogens with one attached hydrogen (secondary N) is 1. The molecular weight excluding hydrogens is 310 g/mol. The highest BCUT2D eigenvalue weighted by Crippen LogP contribution is 2.13. The van der Waals surface area contributed by atoms with Crippen molar-refractivity contribution in [2.45, 2.75) is 20.3 Å². The first-order chi connectivity index (χ1) is 11.5. The molecule has 1 aromatic carbocycles. The highest BCUT2D eigenvalue weighted by Gasteiger charge is 2.15. The molecule has 2 rings (SSSR count). The van der Waals surface area contributed by atoms with Gasteiger partial charge in [-0.05, 0) is 31.0 Å². The molecule has 2 aromatic rings. The van der Waals surface area contributed by atoms with Crippen molar-refractivity contribution < 1.29 is 18.8 Å². The average molecular weight is 331 g/mol. The molecule has 0 radical (unpaired) electrons. The summed E-state index contributed by atoms with van der Waals surface area (Å²) in [5.41, 5.74) is 1.04. The molecule has 0 aliphatic rings. The van der Waals surface area contributed by atoms with Crippen molar-refractivity contribution in [3.8, 4) is 5.75 Å². The zero-order valence-corrected chi connectivity index (χ0v) is 14.0. The highest BCUT2D eigenvalue weighted by molar-refractivity contribution is 5.93. The number of ether oxygens (including phenoxy) is 1. The number of anilines is 1. The third-order valence-corrected chi connectivity index (χ3v) is 3.48.